The van der Waals surface area contributed by atoms with Crippen molar-refractivity contribution in [3.63, 3.8) is 0 Å². The molecule has 32 heavy (non-hydrogen) atoms. The van der Waals surface area contributed by atoms with E-state index in [1.165, 1.54) is 10.5 Å². The van der Waals surface area contributed by atoms with E-state index in [2.05, 4.69) is 17.5 Å². The fourth-order valence-corrected chi connectivity index (χ4v) is 4.21. The van der Waals surface area contributed by atoms with Crippen LogP contribution < -0.4 is 5.32 Å². The molecule has 3 amide bonds. The molecule has 0 radical (unpaired) electrons. The molecule has 1 aromatic carbocycles. The van der Waals surface area contributed by atoms with Gasteiger partial charge in [0, 0.05) is 26.1 Å². The van der Waals surface area contributed by atoms with Gasteiger partial charge in [-0.25, -0.2) is 4.79 Å². The third kappa shape index (κ3) is 6.00. The highest BCUT2D eigenvalue weighted by Gasteiger charge is 2.35. The topological polar surface area (TPSA) is 103 Å². The highest BCUT2D eigenvalue weighted by Crippen LogP contribution is 2.21. The first-order valence-corrected chi connectivity index (χ1v) is 11.2. The number of amides is 3. The number of carbonyl (C=O) groups is 3. The Morgan fingerprint density at radius 2 is 1.94 bits per heavy atom. The van der Waals surface area contributed by atoms with E-state index in [0.717, 1.165) is 18.4 Å². The van der Waals surface area contributed by atoms with E-state index >= 15 is 0 Å². The molecular weight excluding hydrogens is 408 g/mol. The predicted molar refractivity (Wildman–Crippen MR) is 118 cm³/mol. The van der Waals surface area contributed by atoms with Gasteiger partial charge in [-0.05, 0) is 57.6 Å². The first-order chi connectivity index (χ1) is 15.2. The van der Waals surface area contributed by atoms with Crippen LogP contribution in [-0.4, -0.2) is 58.5 Å². The van der Waals surface area contributed by atoms with Gasteiger partial charge in [0.2, 0.25) is 11.8 Å². The summed E-state index contributed by atoms with van der Waals surface area (Å²) in [6.45, 7) is 6.89. The van der Waals surface area contributed by atoms with Gasteiger partial charge < -0.3 is 19.9 Å². The SMILES string of the molecule is CC(C)(C)OC(=O)N[C@@H](CCC(=O)N1CCc2ccccc2C1)C(=O)N1CCC[C@H]1C#N. The van der Waals surface area contributed by atoms with Gasteiger partial charge in [0.05, 0.1) is 6.07 Å². The van der Waals surface area contributed by atoms with Crippen LogP contribution in [0.4, 0.5) is 4.79 Å². The molecule has 8 heteroatoms. The van der Waals surface area contributed by atoms with Crippen LogP contribution in [0.2, 0.25) is 0 Å². The van der Waals surface area contributed by atoms with Crippen molar-refractivity contribution in [3.05, 3.63) is 35.4 Å². The molecule has 0 aromatic heterocycles. The molecule has 1 saturated heterocycles. The molecular formula is C24H32N4O4. The Hall–Kier alpha value is -3.08. The molecule has 2 atom stereocenters. The van der Waals surface area contributed by atoms with Crippen molar-refractivity contribution in [2.24, 2.45) is 0 Å². The first kappa shape index (κ1) is 23.6. The van der Waals surface area contributed by atoms with E-state index in [-0.39, 0.29) is 24.7 Å². The molecule has 172 valence electrons. The number of benzene rings is 1. The molecule has 0 bridgehead atoms. The zero-order valence-corrected chi connectivity index (χ0v) is 19.1. The maximum Gasteiger partial charge on any atom is 0.408 e. The zero-order valence-electron chi connectivity index (χ0n) is 19.1. The van der Waals surface area contributed by atoms with Gasteiger partial charge in [-0.15, -0.1) is 0 Å². The smallest absolute Gasteiger partial charge is 0.408 e. The van der Waals surface area contributed by atoms with Gasteiger partial charge in [0.15, 0.2) is 0 Å². The minimum atomic E-state index is -0.917. The van der Waals surface area contributed by atoms with Gasteiger partial charge in [-0.1, -0.05) is 24.3 Å². The summed E-state index contributed by atoms with van der Waals surface area (Å²) in [4.78, 5) is 41.7. The highest BCUT2D eigenvalue weighted by molar-refractivity contribution is 5.87. The molecule has 0 saturated carbocycles. The Kier molecular flexibility index (Phi) is 7.39. The molecule has 0 aliphatic carbocycles. The molecule has 2 heterocycles. The second kappa shape index (κ2) is 10.0. The van der Waals surface area contributed by atoms with Gasteiger partial charge in [0.25, 0.3) is 0 Å². The van der Waals surface area contributed by atoms with Crippen molar-refractivity contribution in [3.8, 4) is 6.07 Å². The number of fused-ring (bicyclic) bond motifs is 1. The normalized spacial score (nSPS) is 19.0. The number of ether oxygens (including phenoxy) is 1. The monoisotopic (exact) mass is 440 g/mol. The summed E-state index contributed by atoms with van der Waals surface area (Å²) < 4.78 is 5.32. The van der Waals surface area contributed by atoms with Crippen LogP contribution in [0.15, 0.2) is 24.3 Å². The Morgan fingerprint density at radius 1 is 1.22 bits per heavy atom. The summed E-state index contributed by atoms with van der Waals surface area (Å²) in [5.74, 6) is -0.391. The lowest BCUT2D eigenvalue weighted by molar-refractivity contribution is -0.135. The number of likely N-dealkylation sites (tertiary alicyclic amines) is 1. The standard InChI is InChI=1S/C24H32N4O4/c1-24(2,3)32-23(31)26-20(22(30)28-13-6-9-19(28)15-25)10-11-21(29)27-14-12-17-7-4-5-8-18(17)16-27/h4-5,7-8,19-20H,6,9-14,16H2,1-3H3,(H,26,31)/t19-,20-/m0/s1. The van der Waals surface area contributed by atoms with Crippen molar-refractivity contribution in [1.82, 2.24) is 15.1 Å². The number of nitrogens with one attached hydrogen (secondary N) is 1. The predicted octanol–water partition coefficient (Wildman–Crippen LogP) is 2.76. The van der Waals surface area contributed by atoms with Crippen LogP contribution in [0.3, 0.4) is 0 Å². The lowest BCUT2D eigenvalue weighted by Crippen LogP contribution is -2.51. The lowest BCUT2D eigenvalue weighted by Gasteiger charge is -2.30. The van der Waals surface area contributed by atoms with Gasteiger partial charge in [0.1, 0.15) is 17.7 Å². The van der Waals surface area contributed by atoms with E-state index in [9.17, 15) is 19.6 Å². The summed E-state index contributed by atoms with van der Waals surface area (Å²) in [6, 6.07) is 8.81. The lowest BCUT2D eigenvalue weighted by atomic mass is 9.99. The van der Waals surface area contributed by atoms with E-state index in [0.29, 0.717) is 26.1 Å². The fourth-order valence-electron chi connectivity index (χ4n) is 4.21. The average Bonchev–Trinajstić information content (AvgIpc) is 3.23. The van der Waals surface area contributed by atoms with Crippen molar-refractivity contribution in [2.45, 2.75) is 77.1 Å². The first-order valence-electron chi connectivity index (χ1n) is 11.2. The number of hydrogen-bond acceptors (Lipinski definition) is 5. The number of hydrogen-bond donors (Lipinski definition) is 1. The second-order valence-corrected chi connectivity index (χ2v) is 9.39. The van der Waals surface area contributed by atoms with Crippen LogP contribution in [0, 0.1) is 11.3 Å². The number of nitriles is 1. The van der Waals surface area contributed by atoms with E-state index in [1.54, 1.807) is 25.7 Å². The number of nitrogens with zero attached hydrogens (tertiary/aromatic N) is 3. The quantitative estimate of drug-likeness (QED) is 0.758. The third-order valence-electron chi connectivity index (χ3n) is 5.80. The second-order valence-electron chi connectivity index (χ2n) is 9.39. The minimum Gasteiger partial charge on any atom is -0.444 e. The summed E-state index contributed by atoms with van der Waals surface area (Å²) in [7, 11) is 0. The van der Waals surface area contributed by atoms with Gasteiger partial charge in [-0.3, -0.25) is 9.59 Å². The number of rotatable bonds is 5. The highest BCUT2D eigenvalue weighted by atomic mass is 16.6. The largest absolute Gasteiger partial charge is 0.444 e. The number of alkyl carbamates (subject to hydrolysis) is 1. The van der Waals surface area contributed by atoms with E-state index in [1.807, 2.05) is 18.2 Å². The summed E-state index contributed by atoms with van der Waals surface area (Å²) >= 11 is 0. The van der Waals surface area contributed by atoms with Crippen LogP contribution in [0.25, 0.3) is 0 Å². The van der Waals surface area contributed by atoms with Crippen LogP contribution in [-0.2, 0) is 27.3 Å². The Balaban J connectivity index is 1.65. The van der Waals surface area contributed by atoms with Crippen LogP contribution in [0.1, 0.15) is 57.6 Å². The van der Waals surface area contributed by atoms with Crippen molar-refractivity contribution >= 4 is 17.9 Å². The van der Waals surface area contributed by atoms with E-state index in [4.69, 9.17) is 4.74 Å². The number of carbonyl (C=O) groups excluding carboxylic acids is 3. The van der Waals surface area contributed by atoms with Crippen molar-refractivity contribution < 1.29 is 19.1 Å². The van der Waals surface area contributed by atoms with Gasteiger partial charge >= 0.3 is 6.09 Å². The maximum absolute atomic E-state index is 13.1. The maximum atomic E-state index is 13.1. The molecule has 2 aliphatic rings. The molecule has 0 unspecified atom stereocenters. The molecule has 1 fully saturated rings. The van der Waals surface area contributed by atoms with E-state index < -0.39 is 23.8 Å². The van der Waals surface area contributed by atoms with Crippen molar-refractivity contribution in [1.29, 1.82) is 5.26 Å². The zero-order chi connectivity index (χ0) is 23.3. The Morgan fingerprint density at radius 3 is 2.62 bits per heavy atom. The van der Waals surface area contributed by atoms with Crippen LogP contribution in [0.5, 0.6) is 0 Å². The van der Waals surface area contributed by atoms with Crippen molar-refractivity contribution in [2.75, 3.05) is 13.1 Å². The molecule has 1 N–H and O–H groups in total. The van der Waals surface area contributed by atoms with Gasteiger partial charge in [-0.2, -0.15) is 5.26 Å². The Labute approximate surface area is 189 Å². The summed E-state index contributed by atoms with van der Waals surface area (Å²) in [6.07, 6.45) is 1.74. The Bertz CT molecular complexity index is 902. The van der Waals surface area contributed by atoms with Crippen LogP contribution >= 0.6 is 0 Å². The molecule has 8 nitrogen and oxygen atoms in total. The summed E-state index contributed by atoms with van der Waals surface area (Å²) in [5, 5.41) is 12.0. The third-order valence-corrected chi connectivity index (χ3v) is 5.80. The average molecular weight is 441 g/mol. The molecule has 0 spiro atoms. The fraction of sp³-hybridized carbons (Fsp3) is 0.583. The minimum absolute atomic E-state index is 0.0541. The molecule has 3 rings (SSSR count). The molecule has 1 aromatic rings. The molecule has 2 aliphatic heterocycles. The summed E-state index contributed by atoms with van der Waals surface area (Å²) in [5.41, 5.74) is 1.69.